The van der Waals surface area contributed by atoms with Gasteiger partial charge in [-0.25, -0.2) is 0 Å². The van der Waals surface area contributed by atoms with E-state index < -0.39 is 0 Å². The summed E-state index contributed by atoms with van der Waals surface area (Å²) < 4.78 is 5.84. The molecule has 4 heteroatoms. The highest BCUT2D eigenvalue weighted by atomic mass is 35.5. The van der Waals surface area contributed by atoms with Crippen LogP contribution in [0.5, 0.6) is 0 Å². The van der Waals surface area contributed by atoms with Crippen LogP contribution in [0.4, 0.5) is 0 Å². The summed E-state index contributed by atoms with van der Waals surface area (Å²) in [4.78, 5) is 0. The summed E-state index contributed by atoms with van der Waals surface area (Å²) in [7, 11) is 1.78. The van der Waals surface area contributed by atoms with Crippen molar-refractivity contribution in [2.75, 3.05) is 7.11 Å². The molecule has 18 heavy (non-hydrogen) atoms. The number of hydrogen-bond donors (Lipinski definition) is 2. The molecule has 100 valence electrons. The number of hydrogen-bond acceptors (Lipinski definition) is 3. The first kappa shape index (κ1) is 13.8. The molecule has 1 unspecified atom stereocenters. The van der Waals surface area contributed by atoms with Crippen molar-refractivity contribution in [1.29, 1.82) is 0 Å². The van der Waals surface area contributed by atoms with Crippen molar-refractivity contribution >= 4 is 11.6 Å². The predicted octanol–water partition coefficient (Wildman–Crippen LogP) is 3.19. The highest BCUT2D eigenvalue weighted by Crippen LogP contribution is 2.41. The number of ether oxygens (including phenoxy) is 1. The monoisotopic (exact) mass is 268 g/mol. The van der Waals surface area contributed by atoms with Gasteiger partial charge in [-0.2, -0.15) is 0 Å². The van der Waals surface area contributed by atoms with Crippen molar-refractivity contribution in [2.45, 2.75) is 43.7 Å². The van der Waals surface area contributed by atoms with Gasteiger partial charge in [0.15, 0.2) is 0 Å². The van der Waals surface area contributed by atoms with Gasteiger partial charge >= 0.3 is 0 Å². The summed E-state index contributed by atoms with van der Waals surface area (Å²) in [5.41, 5.74) is 3.80. The Kier molecular flexibility index (Phi) is 4.62. The van der Waals surface area contributed by atoms with Crippen LogP contribution in [0.2, 0.25) is 5.02 Å². The zero-order valence-electron chi connectivity index (χ0n) is 10.8. The standard InChI is InChI=1S/C14H21ClN2O/c1-18-14(8-3-2-4-9-14)13(17-16)11-6-5-7-12(15)10-11/h5-7,10,13,17H,2-4,8-9,16H2,1H3. The molecule has 2 rings (SSSR count). The van der Waals surface area contributed by atoms with Gasteiger partial charge in [-0.1, -0.05) is 43.0 Å². The average Bonchev–Trinajstić information content (AvgIpc) is 2.41. The minimum atomic E-state index is -0.211. The quantitative estimate of drug-likeness (QED) is 0.651. The number of methoxy groups -OCH3 is 1. The van der Waals surface area contributed by atoms with E-state index in [1.165, 1.54) is 19.3 Å². The summed E-state index contributed by atoms with van der Waals surface area (Å²) in [6.45, 7) is 0. The lowest BCUT2D eigenvalue weighted by molar-refractivity contribution is -0.0688. The molecule has 1 fully saturated rings. The molecule has 0 aliphatic heterocycles. The van der Waals surface area contributed by atoms with Crippen LogP contribution in [-0.4, -0.2) is 12.7 Å². The van der Waals surface area contributed by atoms with E-state index in [1.807, 2.05) is 24.3 Å². The molecule has 0 heterocycles. The van der Waals surface area contributed by atoms with Crippen molar-refractivity contribution in [1.82, 2.24) is 5.43 Å². The number of nitrogens with two attached hydrogens (primary N) is 1. The van der Waals surface area contributed by atoms with Crippen molar-refractivity contribution < 1.29 is 4.74 Å². The Morgan fingerprint density at radius 3 is 2.61 bits per heavy atom. The Hall–Kier alpha value is -0.610. The molecule has 1 aliphatic carbocycles. The molecule has 0 radical (unpaired) electrons. The third kappa shape index (κ3) is 2.69. The van der Waals surface area contributed by atoms with Gasteiger partial charge in [-0.15, -0.1) is 0 Å². The largest absolute Gasteiger partial charge is 0.376 e. The molecule has 3 N–H and O–H groups in total. The van der Waals surface area contributed by atoms with Crippen molar-refractivity contribution in [3.05, 3.63) is 34.9 Å². The fourth-order valence-electron chi connectivity index (χ4n) is 3.00. The minimum absolute atomic E-state index is 0.0125. The fourth-order valence-corrected chi connectivity index (χ4v) is 3.20. The Bertz CT molecular complexity index is 391. The number of hydrazine groups is 1. The van der Waals surface area contributed by atoms with Crippen molar-refractivity contribution in [3.63, 3.8) is 0 Å². The van der Waals surface area contributed by atoms with Crippen LogP contribution in [0.1, 0.15) is 43.7 Å². The molecule has 0 spiro atoms. The molecule has 1 aromatic carbocycles. The first-order chi connectivity index (χ1) is 8.72. The fraction of sp³-hybridized carbons (Fsp3) is 0.571. The Labute approximate surface area is 114 Å². The zero-order valence-corrected chi connectivity index (χ0v) is 11.5. The van der Waals surface area contributed by atoms with Crippen molar-refractivity contribution in [2.24, 2.45) is 5.84 Å². The number of nitrogens with one attached hydrogen (secondary N) is 1. The third-order valence-corrected chi connectivity index (χ3v) is 4.22. The van der Waals surface area contributed by atoms with Crippen LogP contribution >= 0.6 is 11.6 Å². The highest BCUT2D eigenvalue weighted by molar-refractivity contribution is 6.30. The highest BCUT2D eigenvalue weighted by Gasteiger charge is 2.40. The number of halogens is 1. The lowest BCUT2D eigenvalue weighted by Gasteiger charge is -2.42. The lowest BCUT2D eigenvalue weighted by Crippen LogP contribution is -2.49. The zero-order chi connectivity index (χ0) is 13.0. The molecule has 1 aromatic rings. The van der Waals surface area contributed by atoms with Gasteiger partial charge in [0.2, 0.25) is 0 Å². The SMILES string of the molecule is COC1(C(NN)c2cccc(Cl)c2)CCCCC1. The molecular formula is C14H21ClN2O. The minimum Gasteiger partial charge on any atom is -0.376 e. The molecule has 1 aliphatic rings. The Morgan fingerprint density at radius 1 is 1.33 bits per heavy atom. The summed E-state index contributed by atoms with van der Waals surface area (Å²) in [6.07, 6.45) is 5.72. The smallest absolute Gasteiger partial charge is 0.0885 e. The van der Waals surface area contributed by atoms with Crippen LogP contribution in [0, 0.1) is 0 Å². The van der Waals surface area contributed by atoms with E-state index in [9.17, 15) is 0 Å². The van der Waals surface area contributed by atoms with E-state index in [4.69, 9.17) is 22.2 Å². The normalized spacial score (nSPS) is 20.6. The predicted molar refractivity (Wildman–Crippen MR) is 74.3 cm³/mol. The van der Waals surface area contributed by atoms with Crippen LogP contribution in [0.3, 0.4) is 0 Å². The average molecular weight is 269 g/mol. The topological polar surface area (TPSA) is 47.3 Å². The van der Waals surface area contributed by atoms with E-state index in [0.717, 1.165) is 23.4 Å². The Balaban J connectivity index is 2.31. The van der Waals surface area contributed by atoms with E-state index in [2.05, 4.69) is 5.43 Å². The molecular weight excluding hydrogens is 248 g/mol. The second-order valence-electron chi connectivity index (χ2n) is 4.98. The van der Waals surface area contributed by atoms with Crippen LogP contribution in [0.25, 0.3) is 0 Å². The third-order valence-electron chi connectivity index (χ3n) is 3.98. The number of rotatable bonds is 4. The maximum absolute atomic E-state index is 6.06. The molecule has 0 bridgehead atoms. The van der Waals surface area contributed by atoms with Crippen molar-refractivity contribution in [3.8, 4) is 0 Å². The van der Waals surface area contributed by atoms with E-state index in [-0.39, 0.29) is 11.6 Å². The molecule has 0 saturated heterocycles. The van der Waals surface area contributed by atoms with E-state index >= 15 is 0 Å². The molecule has 1 saturated carbocycles. The maximum Gasteiger partial charge on any atom is 0.0885 e. The van der Waals surface area contributed by atoms with Crippen LogP contribution in [-0.2, 0) is 4.74 Å². The van der Waals surface area contributed by atoms with Crippen LogP contribution < -0.4 is 11.3 Å². The second kappa shape index (κ2) is 6.02. The summed E-state index contributed by atoms with van der Waals surface area (Å²) in [5, 5.41) is 0.731. The van der Waals surface area contributed by atoms with Gasteiger partial charge in [-0.3, -0.25) is 11.3 Å². The summed E-state index contributed by atoms with van der Waals surface area (Å²) in [6, 6.07) is 7.82. The lowest BCUT2D eigenvalue weighted by atomic mass is 9.77. The molecule has 1 atom stereocenters. The van der Waals surface area contributed by atoms with Gasteiger partial charge < -0.3 is 4.74 Å². The number of benzene rings is 1. The van der Waals surface area contributed by atoms with Gasteiger partial charge in [0.25, 0.3) is 0 Å². The van der Waals surface area contributed by atoms with E-state index in [1.54, 1.807) is 7.11 Å². The molecule has 0 aromatic heterocycles. The van der Waals surface area contributed by atoms with Gasteiger partial charge in [-0.05, 0) is 30.5 Å². The van der Waals surface area contributed by atoms with Gasteiger partial charge in [0.1, 0.15) is 0 Å². The molecule has 3 nitrogen and oxygen atoms in total. The van der Waals surface area contributed by atoms with Crippen LogP contribution in [0.15, 0.2) is 24.3 Å². The summed E-state index contributed by atoms with van der Waals surface area (Å²) >= 11 is 6.06. The maximum atomic E-state index is 6.06. The van der Waals surface area contributed by atoms with Gasteiger partial charge in [0, 0.05) is 12.1 Å². The first-order valence-corrected chi connectivity index (χ1v) is 6.86. The molecule has 0 amide bonds. The second-order valence-corrected chi connectivity index (χ2v) is 5.42. The van der Waals surface area contributed by atoms with E-state index in [0.29, 0.717) is 0 Å². The van der Waals surface area contributed by atoms with Gasteiger partial charge in [0.05, 0.1) is 11.6 Å². The first-order valence-electron chi connectivity index (χ1n) is 6.48. The summed E-state index contributed by atoms with van der Waals surface area (Å²) in [5.74, 6) is 5.77. The Morgan fingerprint density at radius 2 is 2.06 bits per heavy atom.